The molecule has 4 aromatic rings. The van der Waals surface area contributed by atoms with Crippen LogP contribution in [0.25, 0.3) is 0 Å². The van der Waals surface area contributed by atoms with Gasteiger partial charge in [0.05, 0.1) is 11.1 Å². The first-order chi connectivity index (χ1) is 17.6. The summed E-state index contributed by atoms with van der Waals surface area (Å²) in [6.07, 6.45) is 2.30. The molecule has 0 aliphatic heterocycles. The largest absolute Gasteiger partial charge is 0.478 e. The summed E-state index contributed by atoms with van der Waals surface area (Å²) in [6, 6.07) is 37.6. The van der Waals surface area contributed by atoms with Crippen molar-refractivity contribution in [3.05, 3.63) is 137 Å². The van der Waals surface area contributed by atoms with Crippen molar-refractivity contribution in [2.45, 2.75) is 19.3 Å². The van der Waals surface area contributed by atoms with Crippen molar-refractivity contribution in [3.63, 3.8) is 0 Å². The summed E-state index contributed by atoms with van der Waals surface area (Å²) < 4.78 is 6.08. The summed E-state index contributed by atoms with van der Waals surface area (Å²) in [4.78, 5) is 25.0. The standard InChI is InChI=1S/C31H25O4P/c32-30(33)26-19-10-11-20-27(26)31(34)35-28-21-12-22-29(28)36(23-13-4-1-5-14-23,24-15-6-2-7-16-24)25-17-8-3-9-18-25/h1-11,13-20H,12,21-22H2/p+1. The molecule has 4 aromatic carbocycles. The van der Waals surface area contributed by atoms with Crippen molar-refractivity contribution < 1.29 is 19.4 Å². The van der Waals surface area contributed by atoms with Crippen LogP contribution in [0.3, 0.4) is 0 Å². The first-order valence-corrected chi connectivity index (χ1v) is 13.7. The lowest BCUT2D eigenvalue weighted by molar-refractivity contribution is 0.0596. The van der Waals surface area contributed by atoms with Crippen LogP contribution in [0, 0.1) is 0 Å². The van der Waals surface area contributed by atoms with Gasteiger partial charge in [-0.1, -0.05) is 66.7 Å². The number of hydrogen-bond donors (Lipinski definition) is 1. The Kier molecular flexibility index (Phi) is 6.79. The van der Waals surface area contributed by atoms with Crippen molar-refractivity contribution in [1.29, 1.82) is 0 Å². The van der Waals surface area contributed by atoms with Gasteiger partial charge >= 0.3 is 11.9 Å². The Bertz CT molecular complexity index is 1320. The molecule has 0 spiro atoms. The number of benzene rings is 4. The van der Waals surface area contributed by atoms with Crippen molar-refractivity contribution in [2.24, 2.45) is 0 Å². The van der Waals surface area contributed by atoms with Gasteiger partial charge in [0.25, 0.3) is 0 Å². The first-order valence-electron chi connectivity index (χ1n) is 12.0. The maximum absolute atomic E-state index is 13.3. The van der Waals surface area contributed by atoms with Crippen LogP contribution >= 0.6 is 7.26 Å². The van der Waals surface area contributed by atoms with Gasteiger partial charge in [0, 0.05) is 12.8 Å². The molecule has 0 atom stereocenters. The SMILES string of the molecule is O=C(O)c1ccccc1C(=O)OC1=C([P+](c2ccccc2)(c2ccccc2)c2ccccc2)CCC1. The number of carbonyl (C=O) groups excluding carboxylic acids is 1. The fourth-order valence-electron chi connectivity index (χ4n) is 5.05. The molecule has 0 fully saturated rings. The maximum atomic E-state index is 13.3. The van der Waals surface area contributed by atoms with E-state index in [1.165, 1.54) is 28.0 Å². The van der Waals surface area contributed by atoms with E-state index >= 15 is 0 Å². The number of ether oxygens (including phenoxy) is 1. The molecule has 0 bridgehead atoms. The molecule has 36 heavy (non-hydrogen) atoms. The summed E-state index contributed by atoms with van der Waals surface area (Å²) in [5, 5.41) is 14.3. The van der Waals surface area contributed by atoms with Crippen LogP contribution in [0.5, 0.6) is 0 Å². The molecule has 0 radical (unpaired) electrons. The summed E-state index contributed by atoms with van der Waals surface area (Å²) in [7, 11) is -2.35. The molecular weight excluding hydrogens is 467 g/mol. The van der Waals surface area contributed by atoms with Gasteiger partial charge in [-0.25, -0.2) is 9.59 Å². The Hall–Kier alpha value is -4.01. The molecule has 4 nitrogen and oxygen atoms in total. The third-order valence-electron chi connectivity index (χ3n) is 6.57. The van der Waals surface area contributed by atoms with Gasteiger partial charge in [-0.2, -0.15) is 0 Å². The Morgan fingerprint density at radius 1 is 0.611 bits per heavy atom. The van der Waals surface area contributed by atoms with E-state index in [1.807, 2.05) is 18.2 Å². The van der Waals surface area contributed by atoms with Crippen molar-refractivity contribution in [1.82, 2.24) is 0 Å². The molecule has 0 amide bonds. The molecule has 5 rings (SSSR count). The van der Waals surface area contributed by atoms with Crippen molar-refractivity contribution in [3.8, 4) is 0 Å². The molecule has 1 N–H and O–H groups in total. The number of allylic oxidation sites excluding steroid dienone is 2. The third kappa shape index (κ3) is 4.25. The third-order valence-corrected chi connectivity index (χ3v) is 11.1. The molecule has 0 aromatic heterocycles. The molecule has 0 saturated carbocycles. The summed E-state index contributed by atoms with van der Waals surface area (Å²) in [5.74, 6) is -1.12. The van der Waals surface area contributed by atoms with E-state index in [2.05, 4.69) is 72.8 Å². The van der Waals surface area contributed by atoms with E-state index in [1.54, 1.807) is 12.1 Å². The van der Waals surface area contributed by atoms with Gasteiger partial charge in [0.1, 0.15) is 34.2 Å². The summed E-state index contributed by atoms with van der Waals surface area (Å²) >= 11 is 0. The number of esters is 1. The van der Waals surface area contributed by atoms with Crippen LogP contribution in [-0.2, 0) is 4.74 Å². The van der Waals surface area contributed by atoms with Gasteiger partial charge in [-0.05, 0) is 55.0 Å². The highest BCUT2D eigenvalue weighted by atomic mass is 31.2. The summed E-state index contributed by atoms with van der Waals surface area (Å²) in [6.45, 7) is 0. The van der Waals surface area contributed by atoms with Crippen LogP contribution in [0.1, 0.15) is 40.0 Å². The van der Waals surface area contributed by atoms with Crippen LogP contribution in [0.4, 0.5) is 0 Å². The highest BCUT2D eigenvalue weighted by Crippen LogP contribution is 2.66. The van der Waals surface area contributed by atoms with Crippen molar-refractivity contribution >= 4 is 35.1 Å². The van der Waals surface area contributed by atoms with Gasteiger partial charge < -0.3 is 9.84 Å². The van der Waals surface area contributed by atoms with Crippen LogP contribution in [0.2, 0.25) is 0 Å². The number of carboxylic acid groups (broad SMARTS) is 1. The number of hydrogen-bond acceptors (Lipinski definition) is 3. The van der Waals surface area contributed by atoms with Crippen molar-refractivity contribution in [2.75, 3.05) is 0 Å². The lowest BCUT2D eigenvalue weighted by Gasteiger charge is -2.29. The minimum absolute atomic E-state index is 0.0575. The highest BCUT2D eigenvalue weighted by molar-refractivity contribution is 7.99. The Morgan fingerprint density at radius 3 is 1.53 bits per heavy atom. The zero-order chi connectivity index (χ0) is 25.0. The van der Waals surface area contributed by atoms with Gasteiger partial charge in [0.15, 0.2) is 0 Å². The monoisotopic (exact) mass is 493 g/mol. The van der Waals surface area contributed by atoms with E-state index in [0.29, 0.717) is 12.2 Å². The van der Waals surface area contributed by atoms with E-state index in [9.17, 15) is 14.7 Å². The average molecular weight is 494 g/mol. The topological polar surface area (TPSA) is 63.6 Å². The van der Waals surface area contributed by atoms with Crippen LogP contribution < -0.4 is 15.9 Å². The van der Waals surface area contributed by atoms with E-state index in [-0.39, 0.29) is 11.1 Å². The highest BCUT2D eigenvalue weighted by Gasteiger charge is 2.52. The maximum Gasteiger partial charge on any atom is 0.344 e. The second kappa shape index (κ2) is 10.3. The quantitative estimate of drug-likeness (QED) is 0.256. The molecule has 0 saturated heterocycles. The molecule has 1 aliphatic rings. The minimum Gasteiger partial charge on any atom is -0.478 e. The zero-order valence-corrected chi connectivity index (χ0v) is 20.6. The molecular formula is C31H26O4P+. The second-order valence-corrected chi connectivity index (χ2v) is 12.1. The first kappa shape index (κ1) is 23.7. The Labute approximate surface area is 211 Å². The number of carbonyl (C=O) groups is 2. The lowest BCUT2D eigenvalue weighted by Crippen LogP contribution is -2.32. The minimum atomic E-state index is -2.35. The van der Waals surface area contributed by atoms with E-state index in [4.69, 9.17) is 4.74 Å². The van der Waals surface area contributed by atoms with E-state index < -0.39 is 19.2 Å². The molecule has 1 aliphatic carbocycles. The van der Waals surface area contributed by atoms with Crippen LogP contribution in [-0.4, -0.2) is 17.0 Å². The predicted octanol–water partition coefficient (Wildman–Crippen LogP) is 5.93. The van der Waals surface area contributed by atoms with Crippen LogP contribution in [0.15, 0.2) is 126 Å². The molecule has 178 valence electrons. The lowest BCUT2D eigenvalue weighted by atomic mass is 10.1. The van der Waals surface area contributed by atoms with Gasteiger partial charge in [0.2, 0.25) is 0 Å². The smallest absolute Gasteiger partial charge is 0.344 e. The van der Waals surface area contributed by atoms with Gasteiger partial charge in [-0.3, -0.25) is 0 Å². The van der Waals surface area contributed by atoms with Gasteiger partial charge in [-0.15, -0.1) is 0 Å². The average Bonchev–Trinajstić information content (AvgIpc) is 3.39. The number of rotatable bonds is 7. The summed E-state index contributed by atoms with van der Waals surface area (Å²) in [5.41, 5.74) is 0.00435. The predicted molar refractivity (Wildman–Crippen MR) is 145 cm³/mol. The Balaban J connectivity index is 1.73. The Morgan fingerprint density at radius 2 is 1.06 bits per heavy atom. The number of aromatic carboxylic acids is 1. The second-order valence-electron chi connectivity index (χ2n) is 8.64. The molecule has 5 heteroatoms. The molecule has 0 unspecified atom stereocenters. The fraction of sp³-hybridized carbons (Fsp3) is 0.0968. The fourth-order valence-corrected chi connectivity index (χ4v) is 9.76. The normalized spacial score (nSPS) is 13.4. The zero-order valence-electron chi connectivity index (χ0n) is 19.7. The molecule has 0 heterocycles. The van der Waals surface area contributed by atoms with E-state index in [0.717, 1.165) is 18.2 Å². The number of carboxylic acids is 1.